The van der Waals surface area contributed by atoms with Crippen LogP contribution in [0.15, 0.2) is 6.33 Å². The van der Waals surface area contributed by atoms with Crippen LogP contribution in [0.25, 0.3) is 0 Å². The molecule has 0 spiro atoms. The summed E-state index contributed by atoms with van der Waals surface area (Å²) in [5, 5.41) is 14.1. The molecule has 1 aliphatic rings. The van der Waals surface area contributed by atoms with Crippen LogP contribution in [0.1, 0.15) is 19.2 Å². The number of rotatable bonds is 3. The first-order chi connectivity index (χ1) is 6.73. The molecule has 0 bridgehead atoms. The molecule has 1 fully saturated rings. The maximum Gasteiger partial charge on any atom is 0.138 e. The van der Waals surface area contributed by atoms with E-state index in [9.17, 15) is 5.11 Å². The summed E-state index contributed by atoms with van der Waals surface area (Å²) in [4.78, 5) is 4.13. The minimum atomic E-state index is -0.736. The second-order valence-electron chi connectivity index (χ2n) is 3.70. The molecule has 1 N–H and O–H groups in total. The van der Waals surface area contributed by atoms with Gasteiger partial charge in [0.2, 0.25) is 0 Å². The fourth-order valence-corrected chi connectivity index (χ4v) is 1.72. The molecule has 1 aromatic heterocycles. The molecule has 0 amide bonds. The topological polar surface area (TPSA) is 60.2 Å². The highest BCUT2D eigenvalue weighted by Gasteiger charge is 2.33. The van der Waals surface area contributed by atoms with Gasteiger partial charge in [-0.3, -0.25) is 4.68 Å². The highest BCUT2D eigenvalue weighted by atomic mass is 16.5. The first kappa shape index (κ1) is 9.61. The molecule has 2 rings (SSSR count). The van der Waals surface area contributed by atoms with Crippen LogP contribution in [0.3, 0.4) is 0 Å². The third-order valence-electron chi connectivity index (χ3n) is 2.56. The summed E-state index contributed by atoms with van der Waals surface area (Å²) in [6.07, 6.45) is 2.74. The molecule has 1 aliphatic heterocycles. The Hall–Kier alpha value is -0.940. The molecule has 5 nitrogen and oxygen atoms in total. The average molecular weight is 197 g/mol. The quantitative estimate of drug-likeness (QED) is 0.740. The lowest BCUT2D eigenvalue weighted by Gasteiger charge is -2.19. The molecular formula is C9H15N3O2. The van der Waals surface area contributed by atoms with Gasteiger partial charge in [-0.25, -0.2) is 4.98 Å². The van der Waals surface area contributed by atoms with Crippen LogP contribution in [0.4, 0.5) is 0 Å². The SMILES string of the molecule is CCn1ncnc1CC1(O)CCOC1. The van der Waals surface area contributed by atoms with E-state index in [2.05, 4.69) is 10.1 Å². The number of aliphatic hydroxyl groups is 1. The first-order valence-electron chi connectivity index (χ1n) is 4.90. The van der Waals surface area contributed by atoms with Gasteiger partial charge in [-0.15, -0.1) is 0 Å². The van der Waals surface area contributed by atoms with Crippen LogP contribution < -0.4 is 0 Å². The van der Waals surface area contributed by atoms with E-state index in [1.807, 2.05) is 6.92 Å². The van der Waals surface area contributed by atoms with Crippen molar-refractivity contribution in [3.8, 4) is 0 Å². The molecule has 0 aromatic carbocycles. The Balaban J connectivity index is 2.09. The fraction of sp³-hybridized carbons (Fsp3) is 0.778. The van der Waals surface area contributed by atoms with Crippen molar-refractivity contribution in [2.75, 3.05) is 13.2 Å². The smallest absolute Gasteiger partial charge is 0.138 e. The molecule has 2 heterocycles. The summed E-state index contributed by atoms with van der Waals surface area (Å²) in [5.41, 5.74) is -0.736. The van der Waals surface area contributed by atoms with Crippen LogP contribution in [-0.2, 0) is 17.7 Å². The van der Waals surface area contributed by atoms with Crippen molar-refractivity contribution in [3.63, 3.8) is 0 Å². The van der Waals surface area contributed by atoms with Crippen molar-refractivity contribution >= 4 is 0 Å². The predicted octanol–water partition coefficient (Wildman–Crippen LogP) is -0.00810. The first-order valence-corrected chi connectivity index (χ1v) is 4.90. The summed E-state index contributed by atoms with van der Waals surface area (Å²) in [7, 11) is 0. The van der Waals surface area contributed by atoms with Gasteiger partial charge in [0.25, 0.3) is 0 Å². The largest absolute Gasteiger partial charge is 0.387 e. The number of hydrogen-bond donors (Lipinski definition) is 1. The monoisotopic (exact) mass is 197 g/mol. The van der Waals surface area contributed by atoms with Gasteiger partial charge in [-0.2, -0.15) is 5.10 Å². The van der Waals surface area contributed by atoms with Crippen molar-refractivity contribution in [2.45, 2.75) is 31.9 Å². The zero-order valence-electron chi connectivity index (χ0n) is 8.31. The molecule has 1 unspecified atom stereocenters. The molecule has 5 heteroatoms. The maximum absolute atomic E-state index is 10.1. The van der Waals surface area contributed by atoms with E-state index in [1.54, 1.807) is 4.68 Å². The molecule has 1 atom stereocenters. The minimum Gasteiger partial charge on any atom is -0.387 e. The number of hydrogen-bond acceptors (Lipinski definition) is 4. The van der Waals surface area contributed by atoms with E-state index in [-0.39, 0.29) is 0 Å². The number of ether oxygens (including phenoxy) is 1. The highest BCUT2D eigenvalue weighted by Crippen LogP contribution is 2.22. The van der Waals surface area contributed by atoms with Gasteiger partial charge < -0.3 is 9.84 Å². The summed E-state index contributed by atoms with van der Waals surface area (Å²) >= 11 is 0. The molecule has 0 radical (unpaired) electrons. The Kier molecular flexibility index (Phi) is 2.52. The second kappa shape index (κ2) is 3.67. The van der Waals surface area contributed by atoms with E-state index in [4.69, 9.17) is 4.74 Å². The third-order valence-corrected chi connectivity index (χ3v) is 2.56. The lowest BCUT2D eigenvalue weighted by atomic mass is 9.99. The summed E-state index contributed by atoms with van der Waals surface area (Å²) in [5.74, 6) is 0.834. The summed E-state index contributed by atoms with van der Waals surface area (Å²) in [6.45, 7) is 3.83. The molecular weight excluding hydrogens is 182 g/mol. The lowest BCUT2D eigenvalue weighted by molar-refractivity contribution is 0.0245. The Labute approximate surface area is 82.7 Å². The Morgan fingerprint density at radius 1 is 1.71 bits per heavy atom. The van der Waals surface area contributed by atoms with E-state index >= 15 is 0 Å². The molecule has 0 saturated carbocycles. The molecule has 1 saturated heterocycles. The Morgan fingerprint density at radius 3 is 3.21 bits per heavy atom. The van der Waals surface area contributed by atoms with E-state index in [0.29, 0.717) is 26.1 Å². The van der Waals surface area contributed by atoms with Gasteiger partial charge in [0.15, 0.2) is 0 Å². The van der Waals surface area contributed by atoms with E-state index in [0.717, 1.165) is 12.4 Å². The zero-order chi connectivity index (χ0) is 10.0. The van der Waals surface area contributed by atoms with E-state index in [1.165, 1.54) is 6.33 Å². The van der Waals surface area contributed by atoms with Gasteiger partial charge in [0, 0.05) is 26.0 Å². The van der Waals surface area contributed by atoms with Crippen LogP contribution in [0, 0.1) is 0 Å². The maximum atomic E-state index is 10.1. The van der Waals surface area contributed by atoms with Crippen LogP contribution >= 0.6 is 0 Å². The standard InChI is InChI=1S/C9H15N3O2/c1-2-12-8(10-7-11-12)5-9(13)3-4-14-6-9/h7,13H,2-6H2,1H3. The third kappa shape index (κ3) is 1.78. The van der Waals surface area contributed by atoms with Crippen molar-refractivity contribution in [2.24, 2.45) is 0 Å². The normalized spacial score (nSPS) is 27.0. The van der Waals surface area contributed by atoms with Gasteiger partial charge in [-0.1, -0.05) is 0 Å². The van der Waals surface area contributed by atoms with Gasteiger partial charge >= 0.3 is 0 Å². The van der Waals surface area contributed by atoms with Crippen LogP contribution in [-0.4, -0.2) is 38.7 Å². The Bertz CT molecular complexity index is 305. The average Bonchev–Trinajstić information content (AvgIpc) is 2.75. The van der Waals surface area contributed by atoms with Crippen LogP contribution in [0.5, 0.6) is 0 Å². The minimum absolute atomic E-state index is 0.406. The Morgan fingerprint density at radius 2 is 2.57 bits per heavy atom. The van der Waals surface area contributed by atoms with E-state index < -0.39 is 5.60 Å². The van der Waals surface area contributed by atoms with Gasteiger partial charge in [0.05, 0.1) is 12.2 Å². The summed E-state index contributed by atoms with van der Waals surface area (Å²) < 4.78 is 6.98. The van der Waals surface area contributed by atoms with Gasteiger partial charge in [0.1, 0.15) is 12.2 Å². The number of aryl methyl sites for hydroxylation is 1. The lowest BCUT2D eigenvalue weighted by Crippen LogP contribution is -2.33. The van der Waals surface area contributed by atoms with Crippen molar-refractivity contribution in [3.05, 3.63) is 12.2 Å². The highest BCUT2D eigenvalue weighted by molar-refractivity contribution is 4.96. The van der Waals surface area contributed by atoms with Crippen LogP contribution in [0.2, 0.25) is 0 Å². The predicted molar refractivity (Wildman–Crippen MR) is 49.8 cm³/mol. The van der Waals surface area contributed by atoms with Crippen molar-refractivity contribution in [1.29, 1.82) is 0 Å². The number of nitrogens with zero attached hydrogens (tertiary/aromatic N) is 3. The van der Waals surface area contributed by atoms with Gasteiger partial charge in [-0.05, 0) is 6.92 Å². The molecule has 0 aliphatic carbocycles. The molecule has 14 heavy (non-hydrogen) atoms. The molecule has 1 aromatic rings. The fourth-order valence-electron chi connectivity index (χ4n) is 1.72. The summed E-state index contributed by atoms with van der Waals surface area (Å²) in [6, 6.07) is 0. The van der Waals surface area contributed by atoms with Crippen molar-refractivity contribution in [1.82, 2.24) is 14.8 Å². The zero-order valence-corrected chi connectivity index (χ0v) is 8.31. The molecule has 78 valence electrons. The second-order valence-corrected chi connectivity index (χ2v) is 3.70. The number of aromatic nitrogens is 3. The van der Waals surface area contributed by atoms with Crippen molar-refractivity contribution < 1.29 is 9.84 Å².